The maximum absolute atomic E-state index is 12.3. The fourth-order valence-corrected chi connectivity index (χ4v) is 2.92. The van der Waals surface area contributed by atoms with Gasteiger partial charge in [-0.2, -0.15) is 0 Å². The van der Waals surface area contributed by atoms with Crippen molar-refractivity contribution >= 4 is 23.5 Å². The molecule has 2 aromatic rings. The standard InChI is InChI=1S/C18H18N2O5/c1-11(8-16(22)23)19-18(24)17-13(6-7-25-17)10-20-14-5-3-2-4-12(14)9-15(20)21/h2-7,11H,8-10H2,1H3,(H,19,24)(H,22,23). The van der Waals surface area contributed by atoms with Gasteiger partial charge in [-0.25, -0.2) is 0 Å². The molecule has 0 saturated heterocycles. The monoisotopic (exact) mass is 342 g/mol. The molecular weight excluding hydrogens is 324 g/mol. The van der Waals surface area contributed by atoms with Crippen LogP contribution < -0.4 is 10.2 Å². The summed E-state index contributed by atoms with van der Waals surface area (Å²) in [5.41, 5.74) is 2.36. The lowest BCUT2D eigenvalue weighted by molar-refractivity contribution is -0.137. The topological polar surface area (TPSA) is 99.8 Å². The van der Waals surface area contributed by atoms with E-state index in [2.05, 4.69) is 5.32 Å². The smallest absolute Gasteiger partial charge is 0.305 e. The molecule has 0 fully saturated rings. The number of hydrogen-bond donors (Lipinski definition) is 2. The number of furan rings is 1. The highest BCUT2D eigenvalue weighted by molar-refractivity contribution is 6.01. The second-order valence-electron chi connectivity index (χ2n) is 6.03. The lowest BCUT2D eigenvalue weighted by Gasteiger charge is -2.17. The number of carboxylic acid groups (broad SMARTS) is 1. The summed E-state index contributed by atoms with van der Waals surface area (Å²) >= 11 is 0. The summed E-state index contributed by atoms with van der Waals surface area (Å²) in [6.45, 7) is 1.83. The first-order valence-electron chi connectivity index (χ1n) is 7.93. The second kappa shape index (κ2) is 6.80. The van der Waals surface area contributed by atoms with Gasteiger partial charge in [-0.05, 0) is 24.6 Å². The van der Waals surface area contributed by atoms with E-state index in [9.17, 15) is 14.4 Å². The number of fused-ring (bicyclic) bond motifs is 1. The Morgan fingerprint density at radius 3 is 2.84 bits per heavy atom. The zero-order valence-corrected chi connectivity index (χ0v) is 13.7. The molecule has 7 nitrogen and oxygen atoms in total. The average Bonchev–Trinajstić information content (AvgIpc) is 3.12. The van der Waals surface area contributed by atoms with Gasteiger partial charge in [-0.15, -0.1) is 0 Å². The third kappa shape index (κ3) is 3.55. The first-order chi connectivity index (χ1) is 12.0. The molecule has 1 unspecified atom stereocenters. The van der Waals surface area contributed by atoms with Crippen molar-refractivity contribution in [3.63, 3.8) is 0 Å². The Kier molecular flexibility index (Phi) is 4.56. The summed E-state index contributed by atoms with van der Waals surface area (Å²) in [4.78, 5) is 36.9. The van der Waals surface area contributed by atoms with E-state index < -0.39 is 17.9 Å². The molecular formula is C18H18N2O5. The van der Waals surface area contributed by atoms with E-state index in [0.29, 0.717) is 12.0 Å². The molecule has 7 heteroatoms. The number of carbonyl (C=O) groups excluding carboxylic acids is 2. The highest BCUT2D eigenvalue weighted by Gasteiger charge is 2.29. The van der Waals surface area contributed by atoms with Crippen LogP contribution in [-0.2, 0) is 22.6 Å². The second-order valence-corrected chi connectivity index (χ2v) is 6.03. The van der Waals surface area contributed by atoms with Crippen molar-refractivity contribution in [2.75, 3.05) is 4.90 Å². The van der Waals surface area contributed by atoms with E-state index in [-0.39, 0.29) is 24.6 Å². The number of nitrogens with zero attached hydrogens (tertiary/aromatic N) is 1. The van der Waals surface area contributed by atoms with Crippen molar-refractivity contribution in [1.29, 1.82) is 0 Å². The number of rotatable bonds is 6. The Morgan fingerprint density at radius 1 is 1.32 bits per heavy atom. The fraction of sp³-hybridized carbons (Fsp3) is 0.278. The van der Waals surface area contributed by atoms with Crippen LogP contribution in [0.2, 0.25) is 0 Å². The summed E-state index contributed by atoms with van der Waals surface area (Å²) in [7, 11) is 0. The number of aliphatic carboxylic acids is 1. The van der Waals surface area contributed by atoms with Crippen LogP contribution in [0.4, 0.5) is 5.69 Å². The maximum atomic E-state index is 12.3. The fourth-order valence-electron chi connectivity index (χ4n) is 2.92. The van der Waals surface area contributed by atoms with Gasteiger partial charge in [0.1, 0.15) is 0 Å². The van der Waals surface area contributed by atoms with Crippen molar-refractivity contribution in [2.24, 2.45) is 0 Å². The Hall–Kier alpha value is -3.09. The number of nitrogens with one attached hydrogen (secondary N) is 1. The maximum Gasteiger partial charge on any atom is 0.305 e. The van der Waals surface area contributed by atoms with E-state index in [0.717, 1.165) is 11.3 Å². The predicted octanol–water partition coefficient (Wildman–Crippen LogP) is 1.96. The Bertz CT molecular complexity index is 826. The van der Waals surface area contributed by atoms with Gasteiger partial charge < -0.3 is 19.7 Å². The quantitative estimate of drug-likeness (QED) is 0.836. The molecule has 130 valence electrons. The first-order valence-corrected chi connectivity index (χ1v) is 7.93. The molecule has 2 heterocycles. The molecule has 0 radical (unpaired) electrons. The average molecular weight is 342 g/mol. The summed E-state index contributed by atoms with van der Waals surface area (Å²) < 4.78 is 5.27. The summed E-state index contributed by atoms with van der Waals surface area (Å²) in [6, 6.07) is 8.64. The molecule has 2 N–H and O–H groups in total. The van der Waals surface area contributed by atoms with Crippen LogP contribution in [0.25, 0.3) is 0 Å². The molecule has 1 aromatic heterocycles. The van der Waals surface area contributed by atoms with Crippen LogP contribution in [0.3, 0.4) is 0 Å². The van der Waals surface area contributed by atoms with Crippen molar-refractivity contribution < 1.29 is 23.9 Å². The van der Waals surface area contributed by atoms with Crippen molar-refractivity contribution in [1.82, 2.24) is 5.32 Å². The molecule has 0 aliphatic carbocycles. The van der Waals surface area contributed by atoms with Crippen LogP contribution in [0.1, 0.15) is 35.0 Å². The van der Waals surface area contributed by atoms with Gasteiger partial charge in [0, 0.05) is 17.3 Å². The zero-order valence-electron chi connectivity index (χ0n) is 13.7. The third-order valence-electron chi connectivity index (χ3n) is 4.06. The highest BCUT2D eigenvalue weighted by Crippen LogP contribution is 2.30. The molecule has 0 saturated carbocycles. The zero-order chi connectivity index (χ0) is 18.0. The molecule has 3 rings (SSSR count). The number of benzene rings is 1. The number of amides is 2. The SMILES string of the molecule is CC(CC(=O)O)NC(=O)c1occc1CN1C(=O)Cc2ccccc21. The summed E-state index contributed by atoms with van der Waals surface area (Å²) in [5.74, 6) is -1.43. The molecule has 0 spiro atoms. The first kappa shape index (κ1) is 16.8. The minimum Gasteiger partial charge on any atom is -0.481 e. The van der Waals surface area contributed by atoms with E-state index >= 15 is 0 Å². The van der Waals surface area contributed by atoms with Gasteiger partial charge in [0.2, 0.25) is 5.91 Å². The number of hydrogen-bond acceptors (Lipinski definition) is 4. The third-order valence-corrected chi connectivity index (χ3v) is 4.06. The van der Waals surface area contributed by atoms with Crippen molar-refractivity contribution in [2.45, 2.75) is 32.4 Å². The number of para-hydroxylation sites is 1. The van der Waals surface area contributed by atoms with Gasteiger partial charge in [0.05, 0.1) is 25.6 Å². The van der Waals surface area contributed by atoms with Crippen LogP contribution in [0.5, 0.6) is 0 Å². The van der Waals surface area contributed by atoms with E-state index in [1.165, 1.54) is 6.26 Å². The normalized spacial score (nSPS) is 14.3. The van der Waals surface area contributed by atoms with Crippen LogP contribution in [0, 0.1) is 0 Å². The molecule has 25 heavy (non-hydrogen) atoms. The van der Waals surface area contributed by atoms with E-state index in [4.69, 9.17) is 9.52 Å². The Morgan fingerprint density at radius 2 is 2.08 bits per heavy atom. The van der Waals surface area contributed by atoms with Crippen molar-refractivity contribution in [3.8, 4) is 0 Å². The molecule has 1 atom stereocenters. The lowest BCUT2D eigenvalue weighted by Crippen LogP contribution is -2.35. The predicted molar refractivity (Wildman–Crippen MR) is 89.2 cm³/mol. The summed E-state index contributed by atoms with van der Waals surface area (Å²) in [6.07, 6.45) is 1.55. The summed E-state index contributed by atoms with van der Waals surface area (Å²) in [5, 5.41) is 11.4. The minimum atomic E-state index is -0.994. The molecule has 1 aliphatic rings. The molecule has 2 amide bonds. The van der Waals surface area contributed by atoms with Gasteiger partial charge in [-0.3, -0.25) is 14.4 Å². The van der Waals surface area contributed by atoms with Crippen LogP contribution in [0.15, 0.2) is 41.0 Å². The van der Waals surface area contributed by atoms with Crippen LogP contribution in [-0.4, -0.2) is 28.9 Å². The highest BCUT2D eigenvalue weighted by atomic mass is 16.4. The van der Waals surface area contributed by atoms with E-state index in [1.807, 2.05) is 24.3 Å². The Labute approximate surface area is 144 Å². The van der Waals surface area contributed by atoms with Gasteiger partial charge in [0.15, 0.2) is 5.76 Å². The van der Waals surface area contributed by atoms with Crippen LogP contribution >= 0.6 is 0 Å². The number of anilines is 1. The lowest BCUT2D eigenvalue weighted by atomic mass is 10.1. The molecule has 1 aromatic carbocycles. The largest absolute Gasteiger partial charge is 0.481 e. The number of carboxylic acids is 1. The van der Waals surface area contributed by atoms with E-state index in [1.54, 1.807) is 17.9 Å². The van der Waals surface area contributed by atoms with Crippen molar-refractivity contribution in [3.05, 3.63) is 53.5 Å². The number of carbonyl (C=O) groups is 3. The van der Waals surface area contributed by atoms with Gasteiger partial charge >= 0.3 is 5.97 Å². The molecule has 0 bridgehead atoms. The molecule has 1 aliphatic heterocycles. The minimum absolute atomic E-state index is 0.0343. The Balaban J connectivity index is 1.75. The van der Waals surface area contributed by atoms with Gasteiger partial charge in [-0.1, -0.05) is 18.2 Å². The van der Waals surface area contributed by atoms with Gasteiger partial charge in [0.25, 0.3) is 5.91 Å².